The van der Waals surface area contributed by atoms with Gasteiger partial charge in [-0.1, -0.05) is 60.7 Å². The topological polar surface area (TPSA) is 72.9 Å². The number of nitrogens with zero attached hydrogens (tertiary/aromatic N) is 1. The number of rotatable bonds is 10. The number of amides is 1. The lowest BCUT2D eigenvalue weighted by atomic mass is 9.96. The van der Waals surface area contributed by atoms with Gasteiger partial charge in [0.1, 0.15) is 5.75 Å². The van der Waals surface area contributed by atoms with Crippen LogP contribution in [0, 0.1) is 0 Å². The van der Waals surface area contributed by atoms with Crippen molar-refractivity contribution in [3.63, 3.8) is 0 Å². The highest BCUT2D eigenvalue weighted by atomic mass is 16.5. The Morgan fingerprint density at radius 1 is 0.824 bits per heavy atom. The quantitative estimate of drug-likeness (QED) is 0.308. The van der Waals surface area contributed by atoms with E-state index >= 15 is 0 Å². The minimum atomic E-state index is -0.423. The molecule has 0 N–H and O–H groups in total. The van der Waals surface area contributed by atoms with Crippen molar-refractivity contribution in [3.8, 4) is 5.75 Å². The van der Waals surface area contributed by atoms with Crippen LogP contribution in [0.15, 0.2) is 84.9 Å². The van der Waals surface area contributed by atoms with Crippen LogP contribution in [0.1, 0.15) is 54.2 Å². The van der Waals surface area contributed by atoms with Crippen LogP contribution >= 0.6 is 0 Å². The molecule has 0 aromatic heterocycles. The second kappa shape index (κ2) is 12.3. The molecule has 0 fully saturated rings. The summed E-state index contributed by atoms with van der Waals surface area (Å²) in [7, 11) is 0. The molecule has 0 saturated carbocycles. The number of benzene rings is 3. The summed E-state index contributed by atoms with van der Waals surface area (Å²) in [5, 5.41) is 0. The Morgan fingerprint density at radius 3 is 1.88 bits per heavy atom. The minimum absolute atomic E-state index is 0.184. The van der Waals surface area contributed by atoms with Gasteiger partial charge in [-0.25, -0.2) is 0 Å². The molecule has 1 amide bonds. The SMILES string of the molecule is CCOC(=O)CCCN(C(=O)c1ccc(OC(C)=O)cc1)C(c1ccccc1)c1ccccc1. The third-order valence-corrected chi connectivity index (χ3v) is 5.25. The summed E-state index contributed by atoms with van der Waals surface area (Å²) < 4.78 is 10.2. The fraction of sp³-hybridized carbons (Fsp3) is 0.250. The van der Waals surface area contributed by atoms with Crippen molar-refractivity contribution in [2.75, 3.05) is 13.2 Å². The van der Waals surface area contributed by atoms with Gasteiger partial charge >= 0.3 is 11.9 Å². The third-order valence-electron chi connectivity index (χ3n) is 5.25. The van der Waals surface area contributed by atoms with Crippen LogP contribution < -0.4 is 4.74 Å². The zero-order valence-electron chi connectivity index (χ0n) is 19.5. The molecule has 0 aliphatic rings. The van der Waals surface area contributed by atoms with Crippen LogP contribution in [0.2, 0.25) is 0 Å². The van der Waals surface area contributed by atoms with Crippen LogP contribution in [0.25, 0.3) is 0 Å². The van der Waals surface area contributed by atoms with Crippen molar-refractivity contribution in [2.45, 2.75) is 32.7 Å². The van der Waals surface area contributed by atoms with E-state index < -0.39 is 5.97 Å². The second-order valence-corrected chi connectivity index (χ2v) is 7.75. The van der Waals surface area contributed by atoms with Crippen molar-refractivity contribution in [1.82, 2.24) is 4.90 Å². The van der Waals surface area contributed by atoms with E-state index in [4.69, 9.17) is 9.47 Å². The molecule has 0 aliphatic heterocycles. The summed E-state index contributed by atoms with van der Waals surface area (Å²) in [6.45, 7) is 3.79. The van der Waals surface area contributed by atoms with Gasteiger partial charge in [0.2, 0.25) is 0 Å². The van der Waals surface area contributed by atoms with E-state index in [-0.39, 0.29) is 24.3 Å². The highest BCUT2D eigenvalue weighted by Crippen LogP contribution is 2.31. The standard InChI is InChI=1S/C28H29NO5/c1-3-33-26(31)15-10-20-29(28(32)24-16-18-25(19-17-24)34-21(2)30)27(22-11-6-4-7-12-22)23-13-8-5-9-14-23/h4-9,11-14,16-19,27H,3,10,15,20H2,1-2H3. The molecular weight excluding hydrogens is 430 g/mol. The van der Waals surface area contributed by atoms with Gasteiger partial charge < -0.3 is 14.4 Å². The average molecular weight is 460 g/mol. The molecule has 6 nitrogen and oxygen atoms in total. The van der Waals surface area contributed by atoms with Gasteiger partial charge in [0.25, 0.3) is 5.91 Å². The Balaban J connectivity index is 1.96. The van der Waals surface area contributed by atoms with E-state index in [1.807, 2.05) is 60.7 Å². The third kappa shape index (κ3) is 6.78. The first kappa shape index (κ1) is 24.7. The smallest absolute Gasteiger partial charge is 0.308 e. The van der Waals surface area contributed by atoms with Gasteiger partial charge in [0.05, 0.1) is 12.6 Å². The van der Waals surface area contributed by atoms with E-state index in [0.717, 1.165) is 11.1 Å². The zero-order chi connectivity index (χ0) is 24.3. The molecule has 0 radical (unpaired) electrons. The van der Waals surface area contributed by atoms with Crippen LogP contribution in [0.5, 0.6) is 5.75 Å². The lowest BCUT2D eigenvalue weighted by Gasteiger charge is -2.33. The lowest BCUT2D eigenvalue weighted by molar-refractivity contribution is -0.143. The Hall–Kier alpha value is -3.93. The summed E-state index contributed by atoms with van der Waals surface area (Å²) in [5.41, 5.74) is 2.40. The first-order valence-corrected chi connectivity index (χ1v) is 11.3. The Bertz CT molecular complexity index is 1040. The highest BCUT2D eigenvalue weighted by molar-refractivity contribution is 5.95. The molecule has 0 spiro atoms. The predicted molar refractivity (Wildman–Crippen MR) is 129 cm³/mol. The Labute approximate surface area is 200 Å². The zero-order valence-corrected chi connectivity index (χ0v) is 19.5. The fourth-order valence-electron chi connectivity index (χ4n) is 3.80. The van der Waals surface area contributed by atoms with Crippen molar-refractivity contribution in [2.24, 2.45) is 0 Å². The predicted octanol–water partition coefficient (Wildman–Crippen LogP) is 5.19. The number of carbonyl (C=O) groups is 3. The van der Waals surface area contributed by atoms with Gasteiger partial charge in [-0.15, -0.1) is 0 Å². The Kier molecular flexibility index (Phi) is 8.97. The summed E-state index contributed by atoms with van der Waals surface area (Å²) >= 11 is 0. The number of hydrogen-bond acceptors (Lipinski definition) is 5. The van der Waals surface area contributed by atoms with E-state index in [0.29, 0.717) is 30.9 Å². The molecule has 176 valence electrons. The van der Waals surface area contributed by atoms with Crippen molar-refractivity contribution in [3.05, 3.63) is 102 Å². The minimum Gasteiger partial charge on any atom is -0.466 e. The molecule has 0 saturated heterocycles. The molecule has 0 bridgehead atoms. The highest BCUT2D eigenvalue weighted by Gasteiger charge is 2.27. The summed E-state index contributed by atoms with van der Waals surface area (Å²) in [6, 6.07) is 25.8. The number of carbonyl (C=O) groups excluding carboxylic acids is 3. The first-order valence-electron chi connectivity index (χ1n) is 11.3. The van der Waals surface area contributed by atoms with E-state index in [2.05, 4.69) is 0 Å². The summed E-state index contributed by atoms with van der Waals surface area (Å²) in [6.07, 6.45) is 0.686. The van der Waals surface area contributed by atoms with Crippen LogP contribution in [-0.2, 0) is 14.3 Å². The molecule has 3 rings (SSSR count). The van der Waals surface area contributed by atoms with Gasteiger partial charge in [-0.05, 0) is 48.7 Å². The maximum absolute atomic E-state index is 13.8. The maximum atomic E-state index is 13.8. The van der Waals surface area contributed by atoms with Crippen LogP contribution in [-0.4, -0.2) is 35.9 Å². The fourth-order valence-corrected chi connectivity index (χ4v) is 3.80. The van der Waals surface area contributed by atoms with Gasteiger partial charge in [0.15, 0.2) is 0 Å². The summed E-state index contributed by atoms with van der Waals surface area (Å²) in [5.74, 6) is -0.513. The maximum Gasteiger partial charge on any atom is 0.308 e. The van der Waals surface area contributed by atoms with Crippen LogP contribution in [0.3, 0.4) is 0 Å². The lowest BCUT2D eigenvalue weighted by Crippen LogP contribution is -2.36. The molecule has 0 aliphatic carbocycles. The normalized spacial score (nSPS) is 10.6. The average Bonchev–Trinajstić information content (AvgIpc) is 2.84. The number of hydrogen-bond donors (Lipinski definition) is 0. The molecule has 0 unspecified atom stereocenters. The van der Waals surface area contributed by atoms with Gasteiger partial charge in [0, 0.05) is 25.5 Å². The molecule has 34 heavy (non-hydrogen) atoms. The molecule has 3 aromatic carbocycles. The molecular formula is C28H29NO5. The van der Waals surface area contributed by atoms with E-state index in [1.165, 1.54) is 6.92 Å². The Morgan fingerprint density at radius 2 is 1.38 bits per heavy atom. The van der Waals surface area contributed by atoms with Crippen molar-refractivity contribution >= 4 is 17.8 Å². The van der Waals surface area contributed by atoms with Gasteiger partial charge in [-0.2, -0.15) is 0 Å². The molecule has 6 heteroatoms. The number of ether oxygens (including phenoxy) is 2. The van der Waals surface area contributed by atoms with E-state index in [1.54, 1.807) is 36.1 Å². The molecule has 3 aromatic rings. The number of esters is 2. The summed E-state index contributed by atoms with van der Waals surface area (Å²) in [4.78, 5) is 38.7. The first-order chi connectivity index (χ1) is 16.5. The largest absolute Gasteiger partial charge is 0.466 e. The van der Waals surface area contributed by atoms with Crippen LogP contribution in [0.4, 0.5) is 0 Å². The van der Waals surface area contributed by atoms with Crippen molar-refractivity contribution in [1.29, 1.82) is 0 Å². The van der Waals surface area contributed by atoms with Gasteiger partial charge in [-0.3, -0.25) is 14.4 Å². The second-order valence-electron chi connectivity index (χ2n) is 7.75. The monoisotopic (exact) mass is 459 g/mol. The molecule has 0 atom stereocenters. The molecule has 0 heterocycles. The van der Waals surface area contributed by atoms with E-state index in [9.17, 15) is 14.4 Å². The van der Waals surface area contributed by atoms with Crippen molar-refractivity contribution < 1.29 is 23.9 Å².